The molecule has 1 saturated heterocycles. The second kappa shape index (κ2) is 23.9. The quantitative estimate of drug-likeness (QED) is 0.0247. The lowest BCUT2D eigenvalue weighted by molar-refractivity contribution is -0.228. The van der Waals surface area contributed by atoms with Crippen molar-refractivity contribution in [3.8, 4) is 0 Å². The summed E-state index contributed by atoms with van der Waals surface area (Å²) in [6.45, 7) is 11.0. The summed E-state index contributed by atoms with van der Waals surface area (Å²) in [5.74, 6) is -4.17. The lowest BCUT2D eigenvalue weighted by Gasteiger charge is -2.43. The maximum Gasteiger partial charge on any atom is 0.334 e. The van der Waals surface area contributed by atoms with Crippen molar-refractivity contribution >= 4 is 29.8 Å². The first-order valence-electron chi connectivity index (χ1n) is 22.4. The van der Waals surface area contributed by atoms with Crippen LogP contribution in [-0.4, -0.2) is 117 Å². The third kappa shape index (κ3) is 13.1. The molecule has 1 amide bonds. The third-order valence-electron chi connectivity index (χ3n) is 12.6. The zero-order chi connectivity index (χ0) is 45.5. The van der Waals surface area contributed by atoms with E-state index in [1.165, 1.54) is 13.8 Å². The normalized spacial score (nSPS) is 30.2. The van der Waals surface area contributed by atoms with Crippen LogP contribution in [-0.2, 0) is 47.7 Å². The van der Waals surface area contributed by atoms with Crippen LogP contribution < -0.4 is 11.1 Å². The van der Waals surface area contributed by atoms with Gasteiger partial charge >= 0.3 is 23.9 Å². The number of amides is 1. The largest absolute Gasteiger partial charge is 0.459 e. The van der Waals surface area contributed by atoms with Gasteiger partial charge in [-0.25, -0.2) is 4.79 Å². The Bertz CT molecular complexity index is 1560. The standard InChI is InChI=1S/C45H74N2O14/c1-8-10-11-17-20-24-34(51)58-38-36-35(29(4)37(38)59-41(53)28(3)9-2)39-45(56,44(7,55)42(54)60-39)32(26-43(36,6)61-30(5)49)57-33(50)23-21-18-15-13-12-14-16-19-22-25-47-40(52)31(46)27-48/h9,31-32,36-39,42,48,54-56H,8,10-27,46H2,1-7H3,(H,47,52)/b28-9-/t31-,32-,36+,37-,38-,39-,42-,43-,44+,45+/m0/s1. The lowest BCUT2D eigenvalue weighted by atomic mass is 9.75. The number of aliphatic hydroxyl groups excluding tert-OH is 2. The second-order valence-corrected chi connectivity index (χ2v) is 17.5. The van der Waals surface area contributed by atoms with E-state index in [-0.39, 0.29) is 29.9 Å². The summed E-state index contributed by atoms with van der Waals surface area (Å²) in [6.07, 6.45) is 5.84. The number of nitrogens with one attached hydrogen (secondary N) is 1. The smallest absolute Gasteiger partial charge is 0.334 e. The van der Waals surface area contributed by atoms with Crippen LogP contribution in [0.2, 0.25) is 0 Å². The molecule has 1 heterocycles. The number of allylic oxidation sites excluding steroid dienone is 1. The average molecular weight is 867 g/mol. The van der Waals surface area contributed by atoms with Crippen molar-refractivity contribution < 1.29 is 68.1 Å². The van der Waals surface area contributed by atoms with Gasteiger partial charge in [0.1, 0.15) is 29.5 Å². The Balaban J connectivity index is 1.81. The summed E-state index contributed by atoms with van der Waals surface area (Å²) >= 11 is 0. The molecule has 1 aliphatic heterocycles. The number of rotatable bonds is 25. The predicted molar refractivity (Wildman–Crippen MR) is 224 cm³/mol. The first-order chi connectivity index (χ1) is 28.8. The average Bonchev–Trinajstić information content (AvgIpc) is 3.54. The molecule has 7 N–H and O–H groups in total. The first-order valence-corrected chi connectivity index (χ1v) is 22.4. The molecule has 0 aromatic rings. The van der Waals surface area contributed by atoms with Crippen LogP contribution in [0.25, 0.3) is 0 Å². The lowest BCUT2D eigenvalue weighted by Crippen LogP contribution is -2.65. The molecule has 0 aromatic carbocycles. The van der Waals surface area contributed by atoms with Crippen molar-refractivity contribution in [1.82, 2.24) is 5.32 Å². The van der Waals surface area contributed by atoms with Gasteiger partial charge in [-0.1, -0.05) is 83.6 Å². The van der Waals surface area contributed by atoms with Crippen LogP contribution in [0.4, 0.5) is 0 Å². The second-order valence-electron chi connectivity index (χ2n) is 17.5. The van der Waals surface area contributed by atoms with E-state index in [4.69, 9.17) is 34.5 Å². The minimum atomic E-state index is -2.52. The summed E-state index contributed by atoms with van der Waals surface area (Å²) in [4.78, 5) is 65.0. The minimum absolute atomic E-state index is 0.00922. The number of esters is 4. The zero-order valence-electron chi connectivity index (χ0n) is 37.5. The van der Waals surface area contributed by atoms with E-state index in [1.807, 2.05) is 0 Å². The molecular formula is C45H74N2O14. The Morgan fingerprint density at radius 2 is 1.41 bits per heavy atom. The fourth-order valence-corrected chi connectivity index (χ4v) is 8.87. The number of carbonyl (C=O) groups is 5. The third-order valence-corrected chi connectivity index (χ3v) is 12.6. The summed E-state index contributed by atoms with van der Waals surface area (Å²) in [5.41, 5.74) is -0.371. The molecule has 348 valence electrons. The molecule has 16 nitrogen and oxygen atoms in total. The van der Waals surface area contributed by atoms with Crippen LogP contribution in [0.3, 0.4) is 0 Å². The fourth-order valence-electron chi connectivity index (χ4n) is 8.87. The van der Waals surface area contributed by atoms with E-state index in [2.05, 4.69) is 12.2 Å². The highest BCUT2D eigenvalue weighted by Crippen LogP contribution is 2.58. The molecule has 3 rings (SSSR count). The molecule has 10 atom stereocenters. The Labute approximate surface area is 361 Å². The molecule has 61 heavy (non-hydrogen) atoms. The van der Waals surface area contributed by atoms with Gasteiger partial charge in [0.2, 0.25) is 5.91 Å². The van der Waals surface area contributed by atoms with Gasteiger partial charge in [-0.15, -0.1) is 0 Å². The SMILES string of the molecule is C/C=C(/C)C(=O)O[C@H]1C(C)=C2[C@H]([C@@H]1OC(=O)CCCCCCC)[C@@](C)(OC(C)=O)C[C@H](OC(=O)CCCCCCCCCCCNC(=O)[C@@H](N)CO)[C@@]1(O)[C@H]2O[C@H](O)[C@@]1(C)O. The zero-order valence-corrected chi connectivity index (χ0v) is 37.5. The number of unbranched alkanes of at least 4 members (excludes halogenated alkanes) is 12. The molecule has 2 fully saturated rings. The van der Waals surface area contributed by atoms with Crippen molar-refractivity contribution in [3.63, 3.8) is 0 Å². The van der Waals surface area contributed by atoms with Gasteiger partial charge in [0.15, 0.2) is 24.1 Å². The van der Waals surface area contributed by atoms with Crippen molar-refractivity contribution in [1.29, 1.82) is 0 Å². The summed E-state index contributed by atoms with van der Waals surface area (Å²) in [7, 11) is 0. The maximum atomic E-state index is 13.6. The molecule has 0 unspecified atom stereocenters. The first kappa shape index (κ1) is 51.9. The number of fused-ring (bicyclic) bond motifs is 3. The molecule has 16 heteroatoms. The maximum absolute atomic E-state index is 13.6. The van der Waals surface area contributed by atoms with Gasteiger partial charge in [-0.2, -0.15) is 0 Å². The number of carbonyl (C=O) groups excluding carboxylic acids is 5. The van der Waals surface area contributed by atoms with Crippen molar-refractivity contribution in [2.24, 2.45) is 11.7 Å². The van der Waals surface area contributed by atoms with Gasteiger partial charge in [0.25, 0.3) is 0 Å². The number of nitrogens with two attached hydrogens (primary N) is 1. The van der Waals surface area contributed by atoms with E-state index in [1.54, 1.807) is 33.8 Å². The number of hydrogen-bond donors (Lipinski definition) is 6. The van der Waals surface area contributed by atoms with E-state index in [0.29, 0.717) is 25.0 Å². The van der Waals surface area contributed by atoms with Crippen molar-refractivity contribution in [2.75, 3.05) is 13.2 Å². The van der Waals surface area contributed by atoms with Crippen LogP contribution in [0.1, 0.15) is 158 Å². The van der Waals surface area contributed by atoms with Crippen LogP contribution in [0.15, 0.2) is 22.8 Å². The number of ether oxygens (including phenoxy) is 5. The van der Waals surface area contributed by atoms with E-state index in [9.17, 15) is 39.3 Å². The molecular weight excluding hydrogens is 792 g/mol. The number of aliphatic hydroxyl groups is 4. The van der Waals surface area contributed by atoms with Crippen molar-refractivity contribution in [3.05, 3.63) is 22.8 Å². The molecule has 0 bridgehead atoms. The van der Waals surface area contributed by atoms with Crippen LogP contribution in [0, 0.1) is 5.92 Å². The molecule has 0 spiro atoms. The Morgan fingerprint density at radius 3 is 1.95 bits per heavy atom. The molecule has 1 saturated carbocycles. The molecule has 2 aliphatic carbocycles. The summed E-state index contributed by atoms with van der Waals surface area (Å²) in [6, 6.07) is -0.904. The Kier molecular flexibility index (Phi) is 20.3. The van der Waals surface area contributed by atoms with Crippen LogP contribution in [0.5, 0.6) is 0 Å². The molecule has 0 aromatic heterocycles. The molecule has 0 radical (unpaired) electrons. The monoisotopic (exact) mass is 867 g/mol. The molecule has 3 aliphatic rings. The van der Waals surface area contributed by atoms with E-state index < -0.39 is 96.4 Å². The fraction of sp³-hybridized carbons (Fsp3) is 0.800. The van der Waals surface area contributed by atoms with Crippen LogP contribution >= 0.6 is 0 Å². The minimum Gasteiger partial charge on any atom is -0.459 e. The summed E-state index contributed by atoms with van der Waals surface area (Å²) < 4.78 is 30.2. The highest BCUT2D eigenvalue weighted by atomic mass is 16.7. The number of hydrogen-bond acceptors (Lipinski definition) is 15. The topological polar surface area (TPSA) is 250 Å². The predicted octanol–water partition coefficient (Wildman–Crippen LogP) is 4.26. The highest BCUT2D eigenvalue weighted by molar-refractivity contribution is 5.88. The van der Waals surface area contributed by atoms with Gasteiger partial charge < -0.3 is 55.2 Å². The van der Waals surface area contributed by atoms with Gasteiger partial charge in [0.05, 0.1) is 12.5 Å². The summed E-state index contributed by atoms with van der Waals surface area (Å²) in [5, 5.41) is 47.4. The van der Waals surface area contributed by atoms with E-state index in [0.717, 1.165) is 77.0 Å². The van der Waals surface area contributed by atoms with Gasteiger partial charge in [-0.05, 0) is 65.0 Å². The van der Waals surface area contributed by atoms with Crippen molar-refractivity contribution in [2.45, 2.75) is 211 Å². The Morgan fingerprint density at radius 1 is 0.869 bits per heavy atom. The van der Waals surface area contributed by atoms with Gasteiger partial charge in [-0.3, -0.25) is 19.2 Å². The Hall–Kier alpha value is -3.41. The van der Waals surface area contributed by atoms with Gasteiger partial charge in [0, 0.05) is 38.3 Å². The highest BCUT2D eigenvalue weighted by Gasteiger charge is 2.75. The van der Waals surface area contributed by atoms with E-state index >= 15 is 0 Å².